The minimum atomic E-state index is 0.881. The Labute approximate surface area is 173 Å². The molecule has 1 aliphatic rings. The lowest BCUT2D eigenvalue weighted by Gasteiger charge is -2.26. The molecule has 0 saturated heterocycles. The molecule has 0 unspecified atom stereocenters. The van der Waals surface area contributed by atoms with Crippen molar-refractivity contribution in [2.75, 3.05) is 25.1 Å². The van der Waals surface area contributed by atoms with Crippen LogP contribution in [0.2, 0.25) is 0 Å². The van der Waals surface area contributed by atoms with E-state index in [9.17, 15) is 0 Å². The molecule has 2 aromatic heterocycles. The number of hydrogen-bond donors (Lipinski definition) is 0. The van der Waals surface area contributed by atoms with Gasteiger partial charge in [-0.3, -0.25) is 0 Å². The van der Waals surface area contributed by atoms with Crippen LogP contribution in [0.15, 0.2) is 18.2 Å². The second-order valence-corrected chi connectivity index (χ2v) is 8.02. The lowest BCUT2D eigenvalue weighted by Crippen LogP contribution is -2.28. The fraction of sp³-hybridized carbons (Fsp3) is 0.500. The highest BCUT2D eigenvalue weighted by molar-refractivity contribution is 5.83. The Morgan fingerprint density at radius 2 is 2.00 bits per heavy atom. The van der Waals surface area contributed by atoms with Gasteiger partial charge >= 0.3 is 0 Å². The highest BCUT2D eigenvalue weighted by atomic mass is 16.5. The fourth-order valence-corrected chi connectivity index (χ4v) is 4.56. The van der Waals surface area contributed by atoms with E-state index in [1.807, 2.05) is 6.07 Å². The molecule has 0 bridgehead atoms. The van der Waals surface area contributed by atoms with Crippen LogP contribution in [0.25, 0.3) is 16.8 Å². The average molecular weight is 393 g/mol. The van der Waals surface area contributed by atoms with E-state index in [4.69, 9.17) is 14.8 Å². The molecular formula is C24H32N4O. The van der Waals surface area contributed by atoms with Crippen molar-refractivity contribution in [2.45, 2.75) is 59.8 Å². The highest BCUT2D eigenvalue weighted by Crippen LogP contribution is 2.37. The van der Waals surface area contributed by atoms with Crippen molar-refractivity contribution < 1.29 is 4.74 Å². The second kappa shape index (κ2) is 8.05. The Morgan fingerprint density at radius 1 is 1.17 bits per heavy atom. The first-order valence-corrected chi connectivity index (χ1v) is 10.9. The quantitative estimate of drug-likeness (QED) is 0.558. The maximum Gasteiger partial charge on any atom is 0.165 e. The van der Waals surface area contributed by atoms with Crippen LogP contribution in [-0.4, -0.2) is 34.8 Å². The molecule has 154 valence electrons. The van der Waals surface area contributed by atoms with Gasteiger partial charge < -0.3 is 9.64 Å². The van der Waals surface area contributed by atoms with Crippen molar-refractivity contribution in [3.05, 3.63) is 40.7 Å². The second-order valence-electron chi connectivity index (χ2n) is 8.02. The maximum absolute atomic E-state index is 5.41. The summed E-state index contributed by atoms with van der Waals surface area (Å²) >= 11 is 0. The lowest BCUT2D eigenvalue weighted by atomic mass is 10.0. The van der Waals surface area contributed by atoms with Crippen LogP contribution in [0.4, 0.5) is 5.82 Å². The number of nitrogens with zero attached hydrogens (tertiary/aromatic N) is 4. The van der Waals surface area contributed by atoms with Crippen molar-refractivity contribution >= 4 is 11.5 Å². The number of aromatic nitrogens is 3. The predicted octanol–water partition coefficient (Wildman–Crippen LogP) is 5.14. The zero-order chi connectivity index (χ0) is 20.5. The van der Waals surface area contributed by atoms with Gasteiger partial charge in [0.1, 0.15) is 11.6 Å². The van der Waals surface area contributed by atoms with Gasteiger partial charge in [-0.25, -0.2) is 4.98 Å². The van der Waals surface area contributed by atoms with Crippen molar-refractivity contribution in [1.29, 1.82) is 0 Å². The third-order valence-corrected chi connectivity index (χ3v) is 6.10. The van der Waals surface area contributed by atoms with Crippen molar-refractivity contribution in [2.24, 2.45) is 0 Å². The summed E-state index contributed by atoms with van der Waals surface area (Å²) in [6.45, 7) is 10.8. The third-order valence-electron chi connectivity index (χ3n) is 6.10. The van der Waals surface area contributed by atoms with Crippen molar-refractivity contribution in [1.82, 2.24) is 14.6 Å². The monoisotopic (exact) mass is 392 g/mol. The number of ether oxygens (including phenoxy) is 1. The number of fused-ring (bicyclic) bond motifs is 2. The molecule has 0 N–H and O–H groups in total. The molecule has 1 aromatic carbocycles. The van der Waals surface area contributed by atoms with Crippen LogP contribution in [0.1, 0.15) is 55.6 Å². The summed E-state index contributed by atoms with van der Waals surface area (Å²) in [5, 5.41) is 5.01. The molecule has 1 aliphatic carbocycles. The van der Waals surface area contributed by atoms with Gasteiger partial charge in [0.25, 0.3) is 0 Å². The molecule has 5 nitrogen and oxygen atoms in total. The number of hydrogen-bond acceptors (Lipinski definition) is 4. The van der Waals surface area contributed by atoms with E-state index in [-0.39, 0.29) is 0 Å². The van der Waals surface area contributed by atoms with Crippen molar-refractivity contribution in [3.63, 3.8) is 0 Å². The minimum Gasteiger partial charge on any atom is -0.497 e. The summed E-state index contributed by atoms with van der Waals surface area (Å²) in [5.41, 5.74) is 8.19. The standard InChI is InChI=1S/C24H32N4O/c1-6-8-14-27(7-2)24-20-10-9-11-21(20)25-23-22(17(4)26-28(23)24)19-13-12-18(29-5)15-16(19)3/h12-13,15H,6-11,14H2,1-5H3. The fourth-order valence-electron chi connectivity index (χ4n) is 4.56. The van der Waals surface area contributed by atoms with Crippen LogP contribution >= 0.6 is 0 Å². The normalized spacial score (nSPS) is 13.1. The SMILES string of the molecule is CCCCN(CC)c1c2c(nc3c(-c4ccc(OC)cc4C)c(C)nn13)CCC2. The predicted molar refractivity (Wildman–Crippen MR) is 119 cm³/mol. The summed E-state index contributed by atoms with van der Waals surface area (Å²) in [6, 6.07) is 6.26. The zero-order valence-corrected chi connectivity index (χ0v) is 18.4. The molecule has 29 heavy (non-hydrogen) atoms. The van der Waals surface area contributed by atoms with E-state index in [2.05, 4.69) is 49.2 Å². The Balaban J connectivity index is 1.95. The van der Waals surface area contributed by atoms with Gasteiger partial charge in [0, 0.05) is 29.9 Å². The molecule has 0 atom stereocenters. The van der Waals surface area contributed by atoms with Gasteiger partial charge in [0.15, 0.2) is 5.65 Å². The number of benzene rings is 1. The Bertz CT molecular complexity index is 1040. The molecule has 0 aliphatic heterocycles. The van der Waals surface area contributed by atoms with Crippen molar-refractivity contribution in [3.8, 4) is 16.9 Å². The summed E-state index contributed by atoms with van der Waals surface area (Å²) in [7, 11) is 1.71. The van der Waals surface area contributed by atoms with E-state index in [0.717, 1.165) is 48.6 Å². The molecule has 2 heterocycles. The summed E-state index contributed by atoms with van der Waals surface area (Å²) in [6.07, 6.45) is 5.74. The Kier molecular flexibility index (Phi) is 5.48. The van der Waals surface area contributed by atoms with Crippen LogP contribution in [0.3, 0.4) is 0 Å². The molecule has 3 aromatic rings. The van der Waals surface area contributed by atoms with E-state index in [0.29, 0.717) is 0 Å². The minimum absolute atomic E-state index is 0.881. The van der Waals surface area contributed by atoms with Gasteiger partial charge in [-0.1, -0.05) is 19.4 Å². The van der Waals surface area contributed by atoms with E-state index in [1.54, 1.807) is 7.11 Å². The Morgan fingerprint density at radius 3 is 2.69 bits per heavy atom. The Hall–Kier alpha value is -2.56. The van der Waals surface area contributed by atoms with Crippen LogP contribution in [0, 0.1) is 13.8 Å². The number of unbranched alkanes of at least 4 members (excludes halogenated alkanes) is 1. The van der Waals surface area contributed by atoms with Crippen LogP contribution < -0.4 is 9.64 Å². The highest BCUT2D eigenvalue weighted by Gasteiger charge is 2.26. The average Bonchev–Trinajstić information content (AvgIpc) is 3.31. The van der Waals surface area contributed by atoms with Gasteiger partial charge in [0.05, 0.1) is 12.8 Å². The first kappa shape index (κ1) is 19.7. The van der Waals surface area contributed by atoms with Gasteiger partial charge in [-0.05, 0) is 69.7 Å². The van der Waals surface area contributed by atoms with Crippen LogP contribution in [-0.2, 0) is 12.8 Å². The third kappa shape index (κ3) is 3.37. The molecule has 0 saturated carbocycles. The largest absolute Gasteiger partial charge is 0.497 e. The molecular weight excluding hydrogens is 360 g/mol. The van der Waals surface area contributed by atoms with Gasteiger partial charge in [0.2, 0.25) is 0 Å². The summed E-state index contributed by atoms with van der Waals surface area (Å²) < 4.78 is 7.53. The molecule has 0 radical (unpaired) electrons. The molecule has 0 spiro atoms. The summed E-state index contributed by atoms with van der Waals surface area (Å²) in [4.78, 5) is 7.64. The van der Waals surface area contributed by atoms with Crippen LogP contribution in [0.5, 0.6) is 5.75 Å². The van der Waals surface area contributed by atoms with E-state index >= 15 is 0 Å². The molecule has 4 rings (SSSR count). The maximum atomic E-state index is 5.41. The molecule has 0 amide bonds. The summed E-state index contributed by atoms with van der Waals surface area (Å²) in [5.74, 6) is 2.14. The molecule has 0 fully saturated rings. The lowest BCUT2D eigenvalue weighted by molar-refractivity contribution is 0.414. The number of aryl methyl sites for hydroxylation is 3. The smallest absolute Gasteiger partial charge is 0.165 e. The van der Waals surface area contributed by atoms with Gasteiger partial charge in [-0.2, -0.15) is 9.61 Å². The van der Waals surface area contributed by atoms with Gasteiger partial charge in [-0.15, -0.1) is 0 Å². The molecule has 5 heteroatoms. The van der Waals surface area contributed by atoms with E-state index < -0.39 is 0 Å². The number of anilines is 1. The first-order valence-electron chi connectivity index (χ1n) is 10.9. The number of methoxy groups -OCH3 is 1. The van der Waals surface area contributed by atoms with E-state index in [1.165, 1.54) is 47.5 Å². The number of rotatable bonds is 7. The topological polar surface area (TPSA) is 42.7 Å². The zero-order valence-electron chi connectivity index (χ0n) is 18.4. The first-order chi connectivity index (χ1) is 14.1.